The van der Waals surface area contributed by atoms with E-state index in [2.05, 4.69) is 55.1 Å². The molecule has 1 saturated carbocycles. The fourth-order valence-corrected chi connectivity index (χ4v) is 6.37. The summed E-state index contributed by atoms with van der Waals surface area (Å²) in [4.78, 5) is 32.4. The Kier molecular flexibility index (Phi) is 11.9. The molecule has 1 aliphatic heterocycles. The fourth-order valence-electron chi connectivity index (χ4n) is 6.20. The minimum absolute atomic E-state index is 0.0895. The number of nitrogens with one attached hydrogen (secondary N) is 1. The Labute approximate surface area is 258 Å². The molecule has 1 heterocycles. The lowest BCUT2D eigenvalue weighted by Gasteiger charge is -2.32. The Morgan fingerprint density at radius 3 is 2.29 bits per heavy atom. The average Bonchev–Trinajstić information content (AvgIpc) is 2.99. The standard InChI is InChI=1S/C35H50ClN3O3/c1-35(2,3)28-11-8-10-27(24-28)32(31(40)25-36)33(34(41)37-29-12-6-5-7-13-29)26-14-16-30(17-15-26)42-23-9-18-39-21-19-38(4)20-22-39/h8,10-11,14-17,24,29,32-33H,5-7,9,12-13,18-23,25H2,1-4H3,(H,37,41). The van der Waals surface area contributed by atoms with Crippen molar-refractivity contribution in [2.75, 3.05) is 52.3 Å². The van der Waals surface area contributed by atoms with Crippen molar-refractivity contribution in [3.8, 4) is 5.75 Å². The lowest BCUT2D eigenvalue weighted by molar-refractivity contribution is -0.128. The maximum Gasteiger partial charge on any atom is 0.228 e. The number of alkyl halides is 1. The van der Waals surface area contributed by atoms with Gasteiger partial charge in [0.05, 0.1) is 24.3 Å². The van der Waals surface area contributed by atoms with E-state index < -0.39 is 11.8 Å². The van der Waals surface area contributed by atoms with E-state index in [4.69, 9.17) is 16.3 Å². The second-order valence-corrected chi connectivity index (χ2v) is 13.5. The highest BCUT2D eigenvalue weighted by molar-refractivity contribution is 6.28. The summed E-state index contributed by atoms with van der Waals surface area (Å²) in [5, 5.41) is 3.31. The molecule has 1 amide bonds. The molecule has 2 atom stereocenters. The Hall–Kier alpha value is -2.41. The quantitative estimate of drug-likeness (QED) is 0.236. The summed E-state index contributed by atoms with van der Waals surface area (Å²) in [7, 11) is 2.17. The third kappa shape index (κ3) is 9.05. The van der Waals surface area contributed by atoms with Crippen molar-refractivity contribution >= 4 is 23.3 Å². The van der Waals surface area contributed by atoms with Crippen LogP contribution < -0.4 is 10.1 Å². The summed E-state index contributed by atoms with van der Waals surface area (Å²) in [5.74, 6) is -0.975. The molecule has 2 aliphatic rings. The summed E-state index contributed by atoms with van der Waals surface area (Å²) < 4.78 is 6.08. The van der Waals surface area contributed by atoms with Crippen LogP contribution in [0, 0.1) is 0 Å². The van der Waals surface area contributed by atoms with Gasteiger partial charge in [0.15, 0.2) is 5.78 Å². The second kappa shape index (κ2) is 15.4. The molecule has 0 bridgehead atoms. The van der Waals surface area contributed by atoms with Crippen LogP contribution in [0.5, 0.6) is 5.75 Å². The van der Waals surface area contributed by atoms with Gasteiger partial charge in [-0.15, -0.1) is 11.6 Å². The number of ketones is 1. The SMILES string of the molecule is CN1CCN(CCCOc2ccc(C(C(=O)NC3CCCCC3)C(C(=O)CCl)c3cccc(C(C)(C)C)c3)cc2)CC1. The zero-order valence-electron chi connectivity index (χ0n) is 26.0. The number of carbonyl (C=O) groups excluding carboxylic acids is 2. The predicted molar refractivity (Wildman–Crippen MR) is 172 cm³/mol. The zero-order chi connectivity index (χ0) is 30.1. The van der Waals surface area contributed by atoms with E-state index in [1.165, 1.54) is 6.42 Å². The van der Waals surface area contributed by atoms with Crippen LogP contribution in [0.1, 0.15) is 87.8 Å². The van der Waals surface area contributed by atoms with Gasteiger partial charge in [-0.2, -0.15) is 0 Å². The summed E-state index contributed by atoms with van der Waals surface area (Å²) in [6.45, 7) is 12.6. The molecular formula is C35H50ClN3O3. The van der Waals surface area contributed by atoms with E-state index in [-0.39, 0.29) is 29.0 Å². The molecule has 2 aromatic carbocycles. The van der Waals surface area contributed by atoms with Crippen molar-refractivity contribution < 1.29 is 14.3 Å². The Morgan fingerprint density at radius 2 is 1.64 bits per heavy atom. The first kappa shape index (κ1) is 32.5. The van der Waals surface area contributed by atoms with E-state index in [0.717, 1.165) is 87.3 Å². The minimum atomic E-state index is -0.681. The molecule has 230 valence electrons. The van der Waals surface area contributed by atoms with E-state index in [1.54, 1.807) is 0 Å². The number of nitrogens with zero attached hydrogens (tertiary/aromatic N) is 2. The van der Waals surface area contributed by atoms with Crippen molar-refractivity contribution in [3.63, 3.8) is 0 Å². The number of Topliss-reactive ketones (excluding diaryl/α,β-unsaturated/α-hetero) is 1. The van der Waals surface area contributed by atoms with Crippen LogP contribution in [0.2, 0.25) is 0 Å². The van der Waals surface area contributed by atoms with Gasteiger partial charge >= 0.3 is 0 Å². The van der Waals surface area contributed by atoms with Gasteiger partial charge in [0.25, 0.3) is 0 Å². The number of carbonyl (C=O) groups is 2. The summed E-state index contributed by atoms with van der Waals surface area (Å²) in [6.07, 6.45) is 6.37. The number of hydrogen-bond donors (Lipinski definition) is 1. The normalized spacial score (nSPS) is 18.8. The molecule has 2 aromatic rings. The molecule has 42 heavy (non-hydrogen) atoms. The molecule has 0 radical (unpaired) electrons. The molecule has 1 aliphatic carbocycles. The van der Waals surface area contributed by atoms with Crippen molar-refractivity contribution in [1.29, 1.82) is 0 Å². The molecule has 0 spiro atoms. The van der Waals surface area contributed by atoms with Crippen LogP contribution in [0.3, 0.4) is 0 Å². The monoisotopic (exact) mass is 595 g/mol. The fraction of sp³-hybridized carbons (Fsp3) is 0.600. The first-order valence-electron chi connectivity index (χ1n) is 15.8. The van der Waals surface area contributed by atoms with E-state index in [9.17, 15) is 9.59 Å². The lowest BCUT2D eigenvalue weighted by Crippen LogP contribution is -2.44. The number of benzene rings is 2. The molecule has 2 unspecified atom stereocenters. The Bertz CT molecular complexity index is 1150. The number of ether oxygens (including phenoxy) is 1. The number of rotatable bonds is 12. The molecule has 0 aromatic heterocycles. The van der Waals surface area contributed by atoms with Gasteiger partial charge in [0.1, 0.15) is 5.75 Å². The highest BCUT2D eigenvalue weighted by atomic mass is 35.5. The third-order valence-electron chi connectivity index (χ3n) is 8.88. The van der Waals surface area contributed by atoms with Gasteiger partial charge in [-0.25, -0.2) is 0 Å². The largest absolute Gasteiger partial charge is 0.494 e. The maximum atomic E-state index is 14.0. The first-order valence-corrected chi connectivity index (χ1v) is 16.3. The van der Waals surface area contributed by atoms with Crippen molar-refractivity contribution in [3.05, 3.63) is 65.2 Å². The smallest absolute Gasteiger partial charge is 0.228 e. The third-order valence-corrected chi connectivity index (χ3v) is 9.14. The molecule has 2 fully saturated rings. The van der Waals surface area contributed by atoms with Crippen LogP contribution in [0.15, 0.2) is 48.5 Å². The van der Waals surface area contributed by atoms with Gasteiger partial charge in [0, 0.05) is 38.8 Å². The average molecular weight is 596 g/mol. The van der Waals surface area contributed by atoms with E-state index in [0.29, 0.717) is 6.61 Å². The number of likely N-dealkylation sites (N-methyl/N-ethyl adjacent to an activating group) is 1. The molecule has 7 heteroatoms. The Balaban J connectivity index is 1.54. The summed E-state index contributed by atoms with van der Waals surface area (Å²) in [5.41, 5.74) is 2.67. The van der Waals surface area contributed by atoms with E-state index in [1.807, 2.05) is 36.4 Å². The van der Waals surface area contributed by atoms with Crippen molar-refractivity contribution in [2.45, 2.75) is 82.6 Å². The van der Waals surface area contributed by atoms with Crippen LogP contribution in [0.25, 0.3) is 0 Å². The molecule has 1 N–H and O–H groups in total. The van der Waals surface area contributed by atoms with Crippen molar-refractivity contribution in [1.82, 2.24) is 15.1 Å². The predicted octanol–water partition coefficient (Wildman–Crippen LogP) is 6.12. The summed E-state index contributed by atoms with van der Waals surface area (Å²) in [6, 6.07) is 16.0. The molecular weight excluding hydrogens is 546 g/mol. The van der Waals surface area contributed by atoms with Gasteiger partial charge in [0.2, 0.25) is 5.91 Å². The topological polar surface area (TPSA) is 61.9 Å². The van der Waals surface area contributed by atoms with Crippen LogP contribution in [-0.2, 0) is 15.0 Å². The molecule has 1 saturated heterocycles. The van der Waals surface area contributed by atoms with Crippen LogP contribution >= 0.6 is 11.6 Å². The summed E-state index contributed by atoms with van der Waals surface area (Å²) >= 11 is 6.21. The zero-order valence-corrected chi connectivity index (χ0v) is 26.8. The van der Waals surface area contributed by atoms with Gasteiger partial charge in [-0.05, 0) is 60.5 Å². The lowest BCUT2D eigenvalue weighted by atomic mass is 9.76. The van der Waals surface area contributed by atoms with Gasteiger partial charge in [-0.3, -0.25) is 9.59 Å². The molecule has 4 rings (SSSR count). The van der Waals surface area contributed by atoms with Gasteiger partial charge in [-0.1, -0.05) is 76.4 Å². The number of halogens is 1. The Morgan fingerprint density at radius 1 is 0.952 bits per heavy atom. The van der Waals surface area contributed by atoms with Crippen LogP contribution in [0.4, 0.5) is 0 Å². The minimum Gasteiger partial charge on any atom is -0.494 e. The maximum absolute atomic E-state index is 14.0. The highest BCUT2D eigenvalue weighted by Gasteiger charge is 2.37. The number of piperazine rings is 1. The first-order chi connectivity index (χ1) is 20.2. The number of amides is 1. The second-order valence-electron chi connectivity index (χ2n) is 13.2. The highest BCUT2D eigenvalue weighted by Crippen LogP contribution is 2.37. The van der Waals surface area contributed by atoms with Crippen LogP contribution in [-0.4, -0.2) is 79.8 Å². The van der Waals surface area contributed by atoms with Crippen molar-refractivity contribution in [2.24, 2.45) is 0 Å². The molecule has 6 nitrogen and oxygen atoms in total. The van der Waals surface area contributed by atoms with E-state index >= 15 is 0 Å². The van der Waals surface area contributed by atoms with Gasteiger partial charge < -0.3 is 19.9 Å². The number of hydrogen-bond acceptors (Lipinski definition) is 5.